The van der Waals surface area contributed by atoms with Crippen molar-refractivity contribution in [2.24, 2.45) is 0 Å². The van der Waals surface area contributed by atoms with E-state index in [2.05, 4.69) is 4.72 Å². The summed E-state index contributed by atoms with van der Waals surface area (Å²) in [6, 6.07) is 16.5. The molecule has 23 heavy (non-hydrogen) atoms. The van der Waals surface area contributed by atoms with Gasteiger partial charge in [0, 0.05) is 18.9 Å². The molecular weight excluding hydrogens is 310 g/mol. The molecule has 1 aliphatic carbocycles. The van der Waals surface area contributed by atoms with Crippen molar-refractivity contribution in [3.8, 4) is 11.1 Å². The monoisotopic (exact) mass is 329 g/mol. The van der Waals surface area contributed by atoms with Gasteiger partial charge in [-0.05, 0) is 36.1 Å². The summed E-state index contributed by atoms with van der Waals surface area (Å²) in [7, 11) is -3.54. The second kappa shape index (κ2) is 6.64. The van der Waals surface area contributed by atoms with Gasteiger partial charge in [-0.3, -0.25) is 4.79 Å². The SMILES string of the molecule is O=C1CCC(NS(=O)(=O)c2ccc(-c3ccccc3)cc2)CC1. The zero-order valence-corrected chi connectivity index (χ0v) is 13.6. The van der Waals surface area contributed by atoms with Crippen LogP contribution in [0.3, 0.4) is 0 Å². The summed E-state index contributed by atoms with van der Waals surface area (Å²) in [6.07, 6.45) is 2.08. The third-order valence-electron chi connectivity index (χ3n) is 4.14. The number of nitrogens with one attached hydrogen (secondary N) is 1. The van der Waals surface area contributed by atoms with Gasteiger partial charge >= 0.3 is 0 Å². The van der Waals surface area contributed by atoms with Gasteiger partial charge in [-0.1, -0.05) is 42.5 Å². The van der Waals surface area contributed by atoms with Gasteiger partial charge in [0.2, 0.25) is 10.0 Å². The zero-order chi connectivity index (χ0) is 16.3. The lowest BCUT2D eigenvalue weighted by atomic mass is 9.95. The highest BCUT2D eigenvalue weighted by atomic mass is 32.2. The van der Waals surface area contributed by atoms with Gasteiger partial charge in [0.25, 0.3) is 0 Å². The number of sulfonamides is 1. The van der Waals surface area contributed by atoms with Crippen molar-refractivity contribution in [1.29, 1.82) is 0 Å². The van der Waals surface area contributed by atoms with Crippen LogP contribution in [0.15, 0.2) is 59.5 Å². The highest BCUT2D eigenvalue weighted by Gasteiger charge is 2.24. The average Bonchev–Trinajstić information content (AvgIpc) is 2.58. The van der Waals surface area contributed by atoms with E-state index in [-0.39, 0.29) is 16.7 Å². The Kier molecular flexibility index (Phi) is 4.59. The molecule has 1 fully saturated rings. The molecule has 0 heterocycles. The Morgan fingerprint density at radius 2 is 1.39 bits per heavy atom. The first-order chi connectivity index (χ1) is 11.0. The van der Waals surface area contributed by atoms with E-state index in [0.29, 0.717) is 25.7 Å². The minimum absolute atomic E-state index is 0.147. The summed E-state index contributed by atoms with van der Waals surface area (Å²) in [5.74, 6) is 0.215. The second-order valence-corrected chi connectivity index (χ2v) is 7.54. The molecule has 4 nitrogen and oxygen atoms in total. The lowest BCUT2D eigenvalue weighted by Crippen LogP contribution is -2.37. The molecule has 0 aliphatic heterocycles. The standard InChI is InChI=1S/C18H19NO3S/c20-17-10-8-16(9-11-17)19-23(21,22)18-12-6-15(7-13-18)14-4-2-1-3-5-14/h1-7,12-13,16,19H,8-11H2. The van der Waals surface area contributed by atoms with Crippen LogP contribution in [0.1, 0.15) is 25.7 Å². The van der Waals surface area contributed by atoms with Crippen molar-refractivity contribution in [3.63, 3.8) is 0 Å². The van der Waals surface area contributed by atoms with Crippen LogP contribution in [0, 0.1) is 0 Å². The minimum atomic E-state index is -3.54. The predicted molar refractivity (Wildman–Crippen MR) is 89.5 cm³/mol. The van der Waals surface area contributed by atoms with Crippen LogP contribution >= 0.6 is 0 Å². The maximum Gasteiger partial charge on any atom is 0.240 e. The first-order valence-electron chi connectivity index (χ1n) is 7.74. The Bertz CT molecular complexity index is 773. The number of hydrogen-bond donors (Lipinski definition) is 1. The van der Waals surface area contributed by atoms with E-state index in [9.17, 15) is 13.2 Å². The largest absolute Gasteiger partial charge is 0.300 e. The summed E-state index contributed by atoms with van der Waals surface area (Å²) in [5, 5.41) is 0. The quantitative estimate of drug-likeness (QED) is 0.937. The number of Topliss-reactive ketones (excluding diaryl/α,β-unsaturated/α-hetero) is 1. The third-order valence-corrected chi connectivity index (χ3v) is 5.67. The number of rotatable bonds is 4. The number of carbonyl (C=O) groups is 1. The predicted octanol–water partition coefficient (Wildman–Crippen LogP) is 3.14. The van der Waals surface area contributed by atoms with E-state index in [4.69, 9.17) is 0 Å². The fraction of sp³-hybridized carbons (Fsp3) is 0.278. The lowest BCUT2D eigenvalue weighted by Gasteiger charge is -2.22. The third kappa shape index (κ3) is 3.86. The molecule has 0 amide bonds. The second-order valence-electron chi connectivity index (χ2n) is 5.82. The molecule has 0 atom stereocenters. The van der Waals surface area contributed by atoms with E-state index in [1.165, 1.54) is 0 Å². The normalized spacial score (nSPS) is 16.4. The van der Waals surface area contributed by atoms with Crippen LogP contribution in [0.4, 0.5) is 0 Å². The molecule has 0 saturated heterocycles. The van der Waals surface area contributed by atoms with Gasteiger partial charge in [-0.25, -0.2) is 13.1 Å². The molecule has 5 heteroatoms. The Labute approximate surface area is 136 Å². The van der Waals surface area contributed by atoms with Crippen LogP contribution in [0.5, 0.6) is 0 Å². The van der Waals surface area contributed by atoms with Crippen LogP contribution in [-0.2, 0) is 14.8 Å². The van der Waals surface area contributed by atoms with Crippen molar-refractivity contribution < 1.29 is 13.2 Å². The molecule has 2 aromatic rings. The molecule has 0 bridgehead atoms. The molecule has 120 valence electrons. The van der Waals surface area contributed by atoms with Crippen LogP contribution in [0.2, 0.25) is 0 Å². The van der Waals surface area contributed by atoms with Gasteiger partial charge in [-0.15, -0.1) is 0 Å². The highest BCUT2D eigenvalue weighted by molar-refractivity contribution is 7.89. The summed E-state index contributed by atoms with van der Waals surface area (Å²) in [5.41, 5.74) is 2.03. The van der Waals surface area contributed by atoms with Crippen molar-refractivity contribution in [2.45, 2.75) is 36.6 Å². The van der Waals surface area contributed by atoms with Crippen molar-refractivity contribution in [1.82, 2.24) is 4.72 Å². The Hall–Kier alpha value is -1.98. The number of ketones is 1. The number of hydrogen-bond acceptors (Lipinski definition) is 3. The Morgan fingerprint density at radius 1 is 0.826 bits per heavy atom. The molecule has 2 aromatic carbocycles. The fourth-order valence-electron chi connectivity index (χ4n) is 2.80. The molecule has 3 rings (SSSR count). The average molecular weight is 329 g/mol. The summed E-state index contributed by atoms with van der Waals surface area (Å²) >= 11 is 0. The van der Waals surface area contributed by atoms with Gasteiger partial charge < -0.3 is 0 Å². The molecule has 0 spiro atoms. The maximum atomic E-state index is 12.4. The van der Waals surface area contributed by atoms with E-state index >= 15 is 0 Å². The van der Waals surface area contributed by atoms with Gasteiger partial charge in [0.05, 0.1) is 4.90 Å². The van der Waals surface area contributed by atoms with E-state index in [1.54, 1.807) is 12.1 Å². The van der Waals surface area contributed by atoms with Crippen molar-refractivity contribution in [2.75, 3.05) is 0 Å². The number of benzene rings is 2. The van der Waals surface area contributed by atoms with Crippen molar-refractivity contribution in [3.05, 3.63) is 54.6 Å². The van der Waals surface area contributed by atoms with Crippen LogP contribution in [-0.4, -0.2) is 20.2 Å². The number of carbonyl (C=O) groups excluding carboxylic acids is 1. The topological polar surface area (TPSA) is 63.2 Å². The first-order valence-corrected chi connectivity index (χ1v) is 9.22. The lowest BCUT2D eigenvalue weighted by molar-refractivity contribution is -0.120. The Balaban J connectivity index is 1.74. The molecule has 0 radical (unpaired) electrons. The molecular formula is C18H19NO3S. The summed E-state index contributed by atoms with van der Waals surface area (Å²) < 4.78 is 27.6. The van der Waals surface area contributed by atoms with E-state index in [0.717, 1.165) is 11.1 Å². The maximum absolute atomic E-state index is 12.4. The fourth-order valence-corrected chi connectivity index (χ4v) is 4.11. The first kappa shape index (κ1) is 15.9. The Morgan fingerprint density at radius 3 is 2.00 bits per heavy atom. The van der Waals surface area contributed by atoms with Crippen molar-refractivity contribution >= 4 is 15.8 Å². The molecule has 0 unspecified atom stereocenters. The minimum Gasteiger partial charge on any atom is -0.300 e. The molecule has 1 saturated carbocycles. The zero-order valence-electron chi connectivity index (χ0n) is 12.7. The molecule has 1 N–H and O–H groups in total. The summed E-state index contributed by atoms with van der Waals surface area (Å²) in [4.78, 5) is 11.5. The smallest absolute Gasteiger partial charge is 0.240 e. The van der Waals surface area contributed by atoms with Gasteiger partial charge in [0.1, 0.15) is 5.78 Å². The van der Waals surface area contributed by atoms with Gasteiger partial charge in [0.15, 0.2) is 0 Å². The van der Waals surface area contributed by atoms with E-state index < -0.39 is 10.0 Å². The molecule has 0 aromatic heterocycles. The van der Waals surface area contributed by atoms with E-state index in [1.807, 2.05) is 42.5 Å². The van der Waals surface area contributed by atoms with Gasteiger partial charge in [-0.2, -0.15) is 0 Å². The molecule has 1 aliphatic rings. The van der Waals surface area contributed by atoms with Crippen LogP contribution < -0.4 is 4.72 Å². The highest BCUT2D eigenvalue weighted by Crippen LogP contribution is 2.22. The summed E-state index contributed by atoms with van der Waals surface area (Å²) in [6.45, 7) is 0. The van der Waals surface area contributed by atoms with Crippen LogP contribution in [0.25, 0.3) is 11.1 Å².